The number of halogens is 1. The van der Waals surface area contributed by atoms with Crippen LogP contribution < -0.4 is 15.0 Å². The van der Waals surface area contributed by atoms with E-state index in [1.807, 2.05) is 24.3 Å². The van der Waals surface area contributed by atoms with Crippen LogP contribution in [0, 0.1) is 0 Å². The fourth-order valence-corrected chi connectivity index (χ4v) is 3.38. The molecule has 2 heterocycles. The van der Waals surface area contributed by atoms with Crippen LogP contribution in [0.3, 0.4) is 0 Å². The van der Waals surface area contributed by atoms with E-state index in [-0.39, 0.29) is 17.8 Å². The van der Waals surface area contributed by atoms with Gasteiger partial charge in [0, 0.05) is 5.56 Å². The average molecular weight is 375 g/mol. The van der Waals surface area contributed by atoms with Gasteiger partial charge in [-0.25, -0.2) is 4.39 Å². The summed E-state index contributed by atoms with van der Waals surface area (Å²) in [5.74, 6) is 1.58. The van der Waals surface area contributed by atoms with Crippen molar-refractivity contribution in [3.05, 3.63) is 41.6 Å². The van der Waals surface area contributed by atoms with E-state index < -0.39 is 12.3 Å². The fourth-order valence-electron chi connectivity index (χ4n) is 3.38. The summed E-state index contributed by atoms with van der Waals surface area (Å²) in [6, 6.07) is 5.71. The molecule has 2 aromatic rings. The van der Waals surface area contributed by atoms with Crippen molar-refractivity contribution in [2.24, 2.45) is 0 Å². The summed E-state index contributed by atoms with van der Waals surface area (Å²) in [5, 5.41) is 3.80. The second kappa shape index (κ2) is 7.19. The van der Waals surface area contributed by atoms with Crippen molar-refractivity contribution in [1.29, 1.82) is 0 Å². The molecule has 0 amide bonds. The van der Waals surface area contributed by atoms with E-state index in [0.717, 1.165) is 24.1 Å². The number of hydrogen-bond donors (Lipinski definition) is 1. The van der Waals surface area contributed by atoms with Crippen molar-refractivity contribution >= 4 is 5.70 Å². The highest BCUT2D eigenvalue weighted by Crippen LogP contribution is 2.37. The largest absolute Gasteiger partial charge is 0.493 e. The van der Waals surface area contributed by atoms with Gasteiger partial charge in [0.2, 0.25) is 5.82 Å². The van der Waals surface area contributed by atoms with Gasteiger partial charge in [-0.05, 0) is 56.9 Å². The van der Waals surface area contributed by atoms with Gasteiger partial charge in [-0.15, -0.1) is 0 Å². The van der Waals surface area contributed by atoms with Gasteiger partial charge in [-0.3, -0.25) is 10.3 Å². The molecule has 1 atom stereocenters. The monoisotopic (exact) mass is 375 g/mol. The minimum absolute atomic E-state index is 0.0756. The summed E-state index contributed by atoms with van der Waals surface area (Å²) >= 11 is 0. The maximum absolute atomic E-state index is 12.7. The molecule has 0 spiro atoms. The van der Waals surface area contributed by atoms with Crippen LogP contribution in [-0.4, -0.2) is 23.4 Å². The normalized spacial score (nSPS) is 22.6. The number of benzene rings is 1. The van der Waals surface area contributed by atoms with Crippen molar-refractivity contribution in [3.63, 3.8) is 0 Å². The Morgan fingerprint density at radius 2 is 2.11 bits per heavy atom. The molecule has 1 aliphatic carbocycles. The van der Waals surface area contributed by atoms with Crippen molar-refractivity contribution < 1.29 is 23.2 Å². The van der Waals surface area contributed by atoms with Crippen molar-refractivity contribution in [2.75, 3.05) is 7.11 Å². The maximum Gasteiger partial charge on any atom is 0.258 e. The predicted octanol–water partition coefficient (Wildman–Crippen LogP) is 3.66. The molecule has 2 aliphatic rings. The van der Waals surface area contributed by atoms with Crippen molar-refractivity contribution in [1.82, 2.24) is 15.6 Å². The number of alkyl halides is 1. The summed E-state index contributed by atoms with van der Waals surface area (Å²) in [6.07, 6.45) is 6.56. The highest BCUT2D eigenvalue weighted by atomic mass is 19.1. The van der Waals surface area contributed by atoms with Crippen LogP contribution in [-0.2, 0) is 17.1 Å². The molecule has 1 saturated carbocycles. The number of hydroxylamine groups is 1. The Bertz CT molecular complexity index is 847. The highest BCUT2D eigenvalue weighted by Gasteiger charge is 2.37. The molecule has 0 radical (unpaired) electrons. The van der Waals surface area contributed by atoms with E-state index in [0.29, 0.717) is 11.5 Å². The molecule has 27 heavy (non-hydrogen) atoms. The summed E-state index contributed by atoms with van der Waals surface area (Å²) < 4.78 is 29.1. The number of hydrogen-bond acceptors (Lipinski definition) is 7. The molecular weight excluding hydrogens is 353 g/mol. The van der Waals surface area contributed by atoms with Crippen LogP contribution >= 0.6 is 0 Å². The van der Waals surface area contributed by atoms with E-state index in [1.54, 1.807) is 14.0 Å². The summed E-state index contributed by atoms with van der Waals surface area (Å²) in [7, 11) is 1.63. The zero-order chi connectivity index (χ0) is 18.9. The Morgan fingerprint density at radius 1 is 1.30 bits per heavy atom. The lowest BCUT2D eigenvalue weighted by atomic mass is 10.0. The lowest BCUT2D eigenvalue weighted by Gasteiger charge is -2.17. The molecule has 0 bridgehead atoms. The molecule has 1 aliphatic heterocycles. The molecule has 1 aromatic heterocycles. The van der Waals surface area contributed by atoms with Gasteiger partial charge in [0.25, 0.3) is 5.89 Å². The molecule has 1 unspecified atom stereocenters. The number of rotatable bonds is 6. The lowest BCUT2D eigenvalue weighted by Crippen LogP contribution is -2.24. The van der Waals surface area contributed by atoms with Crippen LogP contribution in [0.25, 0.3) is 5.70 Å². The average Bonchev–Trinajstić information content (AvgIpc) is 3.43. The van der Waals surface area contributed by atoms with Gasteiger partial charge in [0.15, 0.2) is 23.8 Å². The standard InChI is InChI=1S/C19H22FN3O4/c1-19(18-21-17(11-20)26-23-18)10-14(22-27-19)12-7-8-15(24-2)16(9-12)25-13-5-3-4-6-13/h7-10,13,22H,3-6,11H2,1-2H3. The smallest absolute Gasteiger partial charge is 0.258 e. The number of methoxy groups -OCH3 is 1. The number of ether oxygens (including phenoxy) is 2. The number of nitrogens with zero attached hydrogens (tertiary/aromatic N) is 2. The van der Waals surface area contributed by atoms with Crippen molar-refractivity contribution in [2.45, 2.75) is 51.0 Å². The zero-order valence-corrected chi connectivity index (χ0v) is 15.3. The van der Waals surface area contributed by atoms with Crippen LogP contribution in [0.4, 0.5) is 4.39 Å². The minimum Gasteiger partial charge on any atom is -0.493 e. The first-order chi connectivity index (χ1) is 13.1. The van der Waals surface area contributed by atoms with Crippen molar-refractivity contribution in [3.8, 4) is 11.5 Å². The van der Waals surface area contributed by atoms with Gasteiger partial charge in [0.05, 0.1) is 18.9 Å². The van der Waals surface area contributed by atoms with Gasteiger partial charge < -0.3 is 14.0 Å². The van der Waals surface area contributed by atoms with E-state index >= 15 is 0 Å². The van der Waals surface area contributed by atoms with Gasteiger partial charge in [0.1, 0.15) is 0 Å². The molecule has 4 rings (SSSR count). The molecule has 8 heteroatoms. The molecule has 1 fully saturated rings. The Hall–Kier alpha value is -2.61. The second-order valence-electron chi connectivity index (χ2n) is 6.90. The maximum atomic E-state index is 12.7. The van der Waals surface area contributed by atoms with Gasteiger partial charge in [-0.1, -0.05) is 5.16 Å². The first-order valence-electron chi connectivity index (χ1n) is 9.02. The molecule has 1 aromatic carbocycles. The van der Waals surface area contributed by atoms with E-state index in [2.05, 4.69) is 15.6 Å². The Labute approximate surface area is 156 Å². The third-order valence-corrected chi connectivity index (χ3v) is 4.89. The molecule has 7 nitrogen and oxygen atoms in total. The third-order valence-electron chi connectivity index (χ3n) is 4.89. The molecule has 1 N–H and O–H groups in total. The lowest BCUT2D eigenvalue weighted by molar-refractivity contribution is -0.0319. The van der Waals surface area contributed by atoms with Crippen LogP contribution in [0.5, 0.6) is 11.5 Å². The van der Waals surface area contributed by atoms with Crippen LogP contribution in [0.15, 0.2) is 28.8 Å². The highest BCUT2D eigenvalue weighted by molar-refractivity contribution is 5.68. The first kappa shape index (κ1) is 17.8. The van der Waals surface area contributed by atoms with Gasteiger partial charge >= 0.3 is 0 Å². The summed E-state index contributed by atoms with van der Waals surface area (Å²) in [6.45, 7) is 0.965. The van der Waals surface area contributed by atoms with E-state index in [4.69, 9.17) is 18.8 Å². The van der Waals surface area contributed by atoms with E-state index in [9.17, 15) is 4.39 Å². The zero-order valence-electron chi connectivity index (χ0n) is 15.3. The number of nitrogens with one attached hydrogen (secondary N) is 1. The van der Waals surface area contributed by atoms with Gasteiger partial charge in [-0.2, -0.15) is 4.98 Å². The van der Waals surface area contributed by atoms with E-state index in [1.165, 1.54) is 12.8 Å². The quantitative estimate of drug-likeness (QED) is 0.825. The second-order valence-corrected chi connectivity index (χ2v) is 6.90. The van der Waals surface area contributed by atoms with Crippen LogP contribution in [0.2, 0.25) is 0 Å². The Morgan fingerprint density at radius 3 is 2.81 bits per heavy atom. The van der Waals surface area contributed by atoms with Crippen LogP contribution in [0.1, 0.15) is 49.9 Å². The topological polar surface area (TPSA) is 78.6 Å². The third kappa shape index (κ3) is 3.49. The Balaban J connectivity index is 1.60. The summed E-state index contributed by atoms with van der Waals surface area (Å²) in [4.78, 5) is 9.68. The first-order valence-corrected chi connectivity index (χ1v) is 9.02. The SMILES string of the molecule is COc1ccc(C2=CC(C)(c3noc(CF)n3)ON2)cc1OC1CCCC1. The summed E-state index contributed by atoms with van der Waals surface area (Å²) in [5.41, 5.74) is 3.55. The predicted molar refractivity (Wildman–Crippen MR) is 94.5 cm³/mol. The number of aromatic nitrogens is 2. The fraction of sp³-hybridized carbons (Fsp3) is 0.474. The molecular formula is C19H22FN3O4. The molecule has 144 valence electrons. The Kier molecular flexibility index (Phi) is 4.73. The molecule has 0 saturated heterocycles. The minimum atomic E-state index is -0.960.